The monoisotopic (exact) mass is 512 g/mol. The summed E-state index contributed by atoms with van der Waals surface area (Å²) in [6.07, 6.45) is 0. The quantitative estimate of drug-likeness (QED) is 0.266. The molecular weight excluding hydrogens is 491 g/mol. The van der Waals surface area contributed by atoms with Crippen molar-refractivity contribution >= 4 is 46.6 Å². The third kappa shape index (κ3) is 5.73. The largest absolute Gasteiger partial charge is 0.494 e. The average molecular weight is 513 g/mol. The zero-order valence-corrected chi connectivity index (χ0v) is 20.9. The first-order valence-corrected chi connectivity index (χ1v) is 12.3. The van der Waals surface area contributed by atoms with Gasteiger partial charge in [0.25, 0.3) is 0 Å². The van der Waals surface area contributed by atoms with Gasteiger partial charge in [-0.1, -0.05) is 41.0 Å². The Morgan fingerprint density at radius 3 is 2.41 bits per heavy atom. The topological polar surface area (TPSA) is 69.0 Å². The molecule has 1 aromatic heterocycles. The standard InChI is InChI=1S/C25H22Cl2N4O2S/c1-3-33-21-12-10-20(11-13-21)31-24(17-5-8-18(26)9-6-17)29-30-25(31)34-15-23(32)28-22-14-19(27)7-4-16(22)2/h4-14H,3,15H2,1-2H3,(H,28,32). The van der Waals surface area contributed by atoms with Crippen LogP contribution in [0.1, 0.15) is 12.5 Å². The molecule has 0 atom stereocenters. The van der Waals surface area contributed by atoms with E-state index in [4.69, 9.17) is 27.9 Å². The van der Waals surface area contributed by atoms with Crippen molar-refractivity contribution in [3.8, 4) is 22.8 Å². The fourth-order valence-electron chi connectivity index (χ4n) is 3.29. The van der Waals surface area contributed by atoms with Gasteiger partial charge < -0.3 is 10.1 Å². The maximum Gasteiger partial charge on any atom is 0.234 e. The normalized spacial score (nSPS) is 10.8. The van der Waals surface area contributed by atoms with E-state index in [1.54, 1.807) is 12.1 Å². The molecule has 0 unspecified atom stereocenters. The van der Waals surface area contributed by atoms with Crippen LogP contribution in [0.25, 0.3) is 17.1 Å². The summed E-state index contributed by atoms with van der Waals surface area (Å²) < 4.78 is 7.49. The van der Waals surface area contributed by atoms with Gasteiger partial charge in [0, 0.05) is 27.0 Å². The van der Waals surface area contributed by atoms with Crippen LogP contribution in [0.3, 0.4) is 0 Å². The van der Waals surface area contributed by atoms with Crippen LogP contribution < -0.4 is 10.1 Å². The van der Waals surface area contributed by atoms with E-state index in [1.165, 1.54) is 11.8 Å². The van der Waals surface area contributed by atoms with E-state index < -0.39 is 0 Å². The number of hydrogen-bond donors (Lipinski definition) is 1. The van der Waals surface area contributed by atoms with Crippen molar-refractivity contribution in [2.45, 2.75) is 19.0 Å². The molecule has 34 heavy (non-hydrogen) atoms. The summed E-state index contributed by atoms with van der Waals surface area (Å²) in [7, 11) is 0. The van der Waals surface area contributed by atoms with E-state index in [1.807, 2.05) is 73.0 Å². The van der Waals surface area contributed by atoms with Gasteiger partial charge in [-0.3, -0.25) is 9.36 Å². The van der Waals surface area contributed by atoms with Crippen molar-refractivity contribution in [2.75, 3.05) is 17.7 Å². The summed E-state index contributed by atoms with van der Waals surface area (Å²) in [6.45, 7) is 4.45. The summed E-state index contributed by atoms with van der Waals surface area (Å²) in [6, 6.07) is 20.5. The predicted octanol–water partition coefficient (Wildman–Crippen LogP) is 6.68. The van der Waals surface area contributed by atoms with Gasteiger partial charge in [0.1, 0.15) is 5.75 Å². The number of benzene rings is 3. The molecule has 0 spiro atoms. The number of carbonyl (C=O) groups is 1. The number of amides is 1. The van der Waals surface area contributed by atoms with Crippen molar-refractivity contribution in [2.24, 2.45) is 0 Å². The highest BCUT2D eigenvalue weighted by Gasteiger charge is 2.18. The molecule has 6 nitrogen and oxygen atoms in total. The smallest absolute Gasteiger partial charge is 0.234 e. The number of nitrogens with one attached hydrogen (secondary N) is 1. The minimum Gasteiger partial charge on any atom is -0.494 e. The van der Waals surface area contributed by atoms with Crippen LogP contribution >= 0.6 is 35.0 Å². The van der Waals surface area contributed by atoms with Crippen molar-refractivity contribution in [3.05, 3.63) is 82.3 Å². The maximum absolute atomic E-state index is 12.7. The molecule has 0 saturated carbocycles. The van der Waals surface area contributed by atoms with Crippen molar-refractivity contribution in [1.82, 2.24) is 14.8 Å². The third-order valence-electron chi connectivity index (χ3n) is 4.95. The van der Waals surface area contributed by atoms with Crippen LogP contribution in [0.4, 0.5) is 5.69 Å². The number of thioether (sulfide) groups is 1. The van der Waals surface area contributed by atoms with Gasteiger partial charge in [-0.2, -0.15) is 0 Å². The molecule has 0 aliphatic carbocycles. The fourth-order valence-corrected chi connectivity index (χ4v) is 4.34. The second-order valence-corrected chi connectivity index (χ2v) is 9.19. The maximum atomic E-state index is 12.7. The van der Waals surface area contributed by atoms with Crippen LogP contribution in [0, 0.1) is 6.92 Å². The number of halogens is 2. The molecule has 4 rings (SSSR count). The Bertz CT molecular complexity index is 1290. The summed E-state index contributed by atoms with van der Waals surface area (Å²) in [5.74, 6) is 1.42. The number of aryl methyl sites for hydroxylation is 1. The van der Waals surface area contributed by atoms with E-state index in [-0.39, 0.29) is 11.7 Å². The Morgan fingerprint density at radius 2 is 1.71 bits per heavy atom. The lowest BCUT2D eigenvalue weighted by Crippen LogP contribution is -2.15. The SMILES string of the molecule is CCOc1ccc(-n2c(SCC(=O)Nc3cc(Cl)ccc3C)nnc2-c2ccc(Cl)cc2)cc1. The lowest BCUT2D eigenvalue weighted by molar-refractivity contribution is -0.113. The highest BCUT2D eigenvalue weighted by atomic mass is 35.5. The number of ether oxygens (including phenoxy) is 1. The van der Waals surface area contributed by atoms with Crippen LogP contribution in [-0.4, -0.2) is 33.0 Å². The molecule has 0 bridgehead atoms. The van der Waals surface area contributed by atoms with Crippen LogP contribution in [0.2, 0.25) is 10.0 Å². The third-order valence-corrected chi connectivity index (χ3v) is 6.36. The minimum atomic E-state index is -0.162. The van der Waals surface area contributed by atoms with Gasteiger partial charge in [-0.25, -0.2) is 0 Å². The van der Waals surface area contributed by atoms with Gasteiger partial charge in [0.05, 0.1) is 12.4 Å². The van der Waals surface area contributed by atoms with Gasteiger partial charge in [0.15, 0.2) is 11.0 Å². The summed E-state index contributed by atoms with van der Waals surface area (Å²) in [5.41, 5.74) is 3.34. The van der Waals surface area contributed by atoms with E-state index in [0.29, 0.717) is 33.3 Å². The molecule has 9 heteroatoms. The summed E-state index contributed by atoms with van der Waals surface area (Å²) in [5, 5.41) is 13.5. The van der Waals surface area contributed by atoms with E-state index in [2.05, 4.69) is 15.5 Å². The molecular formula is C25H22Cl2N4O2S. The van der Waals surface area contributed by atoms with Crippen molar-refractivity contribution < 1.29 is 9.53 Å². The zero-order valence-electron chi connectivity index (χ0n) is 18.6. The Kier molecular flexibility index (Phi) is 7.77. The second-order valence-electron chi connectivity index (χ2n) is 7.37. The molecule has 0 aliphatic heterocycles. The van der Waals surface area contributed by atoms with Gasteiger partial charge in [-0.05, 0) is 80.1 Å². The predicted molar refractivity (Wildman–Crippen MR) is 139 cm³/mol. The van der Waals surface area contributed by atoms with E-state index in [9.17, 15) is 4.79 Å². The minimum absolute atomic E-state index is 0.154. The molecule has 3 aromatic carbocycles. The number of rotatable bonds is 8. The molecule has 1 heterocycles. The Labute approximate surface area is 212 Å². The number of carbonyl (C=O) groups excluding carboxylic acids is 1. The number of hydrogen-bond acceptors (Lipinski definition) is 5. The molecule has 0 saturated heterocycles. The fraction of sp³-hybridized carbons (Fsp3) is 0.160. The van der Waals surface area contributed by atoms with Crippen LogP contribution in [0.15, 0.2) is 71.9 Å². The first-order valence-electron chi connectivity index (χ1n) is 10.6. The Hall–Kier alpha value is -3.00. The Balaban J connectivity index is 1.60. The number of aromatic nitrogens is 3. The zero-order chi connectivity index (χ0) is 24.1. The molecule has 1 N–H and O–H groups in total. The van der Waals surface area contributed by atoms with E-state index in [0.717, 1.165) is 22.6 Å². The van der Waals surface area contributed by atoms with Crippen LogP contribution in [-0.2, 0) is 4.79 Å². The first-order chi connectivity index (χ1) is 16.4. The Morgan fingerprint density at radius 1 is 1.00 bits per heavy atom. The van der Waals surface area contributed by atoms with Crippen molar-refractivity contribution in [3.63, 3.8) is 0 Å². The van der Waals surface area contributed by atoms with Crippen molar-refractivity contribution in [1.29, 1.82) is 0 Å². The number of nitrogens with zero attached hydrogens (tertiary/aromatic N) is 3. The van der Waals surface area contributed by atoms with Crippen LogP contribution in [0.5, 0.6) is 5.75 Å². The molecule has 0 fully saturated rings. The van der Waals surface area contributed by atoms with Gasteiger partial charge >= 0.3 is 0 Å². The lowest BCUT2D eigenvalue weighted by atomic mass is 10.2. The highest BCUT2D eigenvalue weighted by Crippen LogP contribution is 2.30. The molecule has 1 amide bonds. The molecule has 4 aromatic rings. The highest BCUT2D eigenvalue weighted by molar-refractivity contribution is 7.99. The summed E-state index contributed by atoms with van der Waals surface area (Å²) >= 11 is 13.4. The first kappa shape index (κ1) is 24.1. The molecule has 174 valence electrons. The summed E-state index contributed by atoms with van der Waals surface area (Å²) in [4.78, 5) is 12.7. The number of anilines is 1. The van der Waals surface area contributed by atoms with E-state index >= 15 is 0 Å². The van der Waals surface area contributed by atoms with Gasteiger partial charge in [0.2, 0.25) is 5.91 Å². The second kappa shape index (κ2) is 11.0. The average Bonchev–Trinajstić information content (AvgIpc) is 3.25. The van der Waals surface area contributed by atoms with Gasteiger partial charge in [-0.15, -0.1) is 10.2 Å². The molecule has 0 aliphatic rings. The lowest BCUT2D eigenvalue weighted by Gasteiger charge is -2.12. The molecule has 0 radical (unpaired) electrons.